The molecule has 8 heteroatoms. The van der Waals surface area contributed by atoms with Crippen LogP contribution in [0.3, 0.4) is 0 Å². The minimum atomic E-state index is -3.72. The summed E-state index contributed by atoms with van der Waals surface area (Å²) in [4.78, 5) is 11.8. The van der Waals surface area contributed by atoms with Crippen LogP contribution < -0.4 is 15.8 Å². The van der Waals surface area contributed by atoms with Crippen LogP contribution in [0.4, 0.5) is 0 Å². The van der Waals surface area contributed by atoms with Gasteiger partial charge in [-0.3, -0.25) is 4.79 Å². The van der Waals surface area contributed by atoms with Gasteiger partial charge in [0.15, 0.2) is 0 Å². The van der Waals surface area contributed by atoms with Crippen molar-refractivity contribution in [1.29, 1.82) is 0 Å². The second-order valence-corrected chi connectivity index (χ2v) is 6.90. The lowest BCUT2D eigenvalue weighted by Crippen LogP contribution is -2.37. The molecule has 1 fully saturated rings. The minimum absolute atomic E-state index is 0.00615. The van der Waals surface area contributed by atoms with Crippen molar-refractivity contribution >= 4 is 27.3 Å². The molecule has 6 nitrogen and oxygen atoms in total. The van der Waals surface area contributed by atoms with Crippen LogP contribution in [0.15, 0.2) is 15.7 Å². The summed E-state index contributed by atoms with van der Waals surface area (Å²) in [6.45, 7) is 1.54. The van der Waals surface area contributed by atoms with Gasteiger partial charge in [-0.2, -0.15) is 0 Å². The molecule has 0 spiro atoms. The van der Waals surface area contributed by atoms with E-state index in [0.29, 0.717) is 18.2 Å². The number of carbonyl (C=O) groups is 1. The number of sulfonamides is 1. The molecule has 1 aromatic rings. The zero-order chi connectivity index (χ0) is 13.2. The molecule has 0 saturated carbocycles. The molecule has 1 unspecified atom stereocenters. The summed E-state index contributed by atoms with van der Waals surface area (Å²) in [6, 6.07) is 1.61. The standard InChI is InChI=1S/C10H15N3O3S2/c11-18(15,16)9-4-7(6-17-9)10(14)13-5-8-2-1-3-12-8/h4,6,8,12H,1-3,5H2,(H,13,14)(H2,11,15,16). The lowest BCUT2D eigenvalue weighted by atomic mass is 10.2. The van der Waals surface area contributed by atoms with E-state index in [1.54, 1.807) is 0 Å². The molecule has 0 bridgehead atoms. The van der Waals surface area contributed by atoms with Crippen LogP contribution in [-0.2, 0) is 10.0 Å². The van der Waals surface area contributed by atoms with Gasteiger partial charge in [-0.1, -0.05) is 0 Å². The SMILES string of the molecule is NS(=O)(=O)c1cc(C(=O)NCC2CCCN2)cs1. The Hall–Kier alpha value is -0.960. The summed E-state index contributed by atoms with van der Waals surface area (Å²) in [5, 5.41) is 12.5. The molecular formula is C10H15N3O3S2. The van der Waals surface area contributed by atoms with E-state index in [1.165, 1.54) is 11.4 Å². The summed E-state index contributed by atoms with van der Waals surface area (Å²) >= 11 is 0.954. The van der Waals surface area contributed by atoms with Crippen molar-refractivity contribution in [2.45, 2.75) is 23.1 Å². The second kappa shape index (κ2) is 5.35. The largest absolute Gasteiger partial charge is 0.350 e. The molecule has 1 aliphatic heterocycles. The number of hydrogen-bond donors (Lipinski definition) is 3. The lowest BCUT2D eigenvalue weighted by Gasteiger charge is -2.10. The summed E-state index contributed by atoms with van der Waals surface area (Å²) < 4.78 is 22.2. The fourth-order valence-electron chi connectivity index (χ4n) is 1.83. The van der Waals surface area contributed by atoms with E-state index in [2.05, 4.69) is 10.6 Å². The zero-order valence-electron chi connectivity index (χ0n) is 9.68. The Morgan fingerprint density at radius 3 is 2.94 bits per heavy atom. The third-order valence-corrected chi connectivity index (χ3v) is 5.18. The van der Waals surface area contributed by atoms with E-state index in [0.717, 1.165) is 30.7 Å². The van der Waals surface area contributed by atoms with E-state index < -0.39 is 10.0 Å². The number of nitrogens with two attached hydrogens (primary N) is 1. The molecule has 1 amide bonds. The van der Waals surface area contributed by atoms with Crippen molar-refractivity contribution < 1.29 is 13.2 Å². The van der Waals surface area contributed by atoms with E-state index in [4.69, 9.17) is 5.14 Å². The molecule has 0 aromatic carbocycles. The highest BCUT2D eigenvalue weighted by atomic mass is 32.2. The van der Waals surface area contributed by atoms with Gasteiger partial charge >= 0.3 is 0 Å². The fraction of sp³-hybridized carbons (Fsp3) is 0.500. The van der Waals surface area contributed by atoms with Crippen molar-refractivity contribution in [2.24, 2.45) is 5.14 Å². The van der Waals surface area contributed by atoms with Gasteiger partial charge in [0.2, 0.25) is 10.0 Å². The van der Waals surface area contributed by atoms with Gasteiger partial charge in [0.1, 0.15) is 4.21 Å². The van der Waals surface area contributed by atoms with Gasteiger partial charge in [-0.25, -0.2) is 13.6 Å². The van der Waals surface area contributed by atoms with Crippen molar-refractivity contribution in [1.82, 2.24) is 10.6 Å². The smallest absolute Gasteiger partial charge is 0.252 e. The predicted molar refractivity (Wildman–Crippen MR) is 69.1 cm³/mol. The molecule has 0 radical (unpaired) electrons. The molecule has 1 saturated heterocycles. The number of thiophene rings is 1. The maximum absolute atomic E-state index is 11.8. The topological polar surface area (TPSA) is 101 Å². The van der Waals surface area contributed by atoms with Crippen molar-refractivity contribution in [3.05, 3.63) is 17.0 Å². The average Bonchev–Trinajstić information content (AvgIpc) is 2.96. The number of amides is 1. The van der Waals surface area contributed by atoms with Gasteiger partial charge in [-0.05, 0) is 25.5 Å². The van der Waals surface area contributed by atoms with Crippen molar-refractivity contribution in [3.63, 3.8) is 0 Å². The van der Waals surface area contributed by atoms with Gasteiger partial charge < -0.3 is 10.6 Å². The molecule has 1 aliphatic rings. The molecule has 18 heavy (non-hydrogen) atoms. The molecular weight excluding hydrogens is 274 g/mol. The normalized spacial score (nSPS) is 19.9. The Labute approximate surface area is 110 Å². The zero-order valence-corrected chi connectivity index (χ0v) is 11.3. The van der Waals surface area contributed by atoms with Crippen LogP contribution in [0.1, 0.15) is 23.2 Å². The second-order valence-electron chi connectivity index (χ2n) is 4.20. The average molecular weight is 289 g/mol. The quantitative estimate of drug-likeness (QED) is 0.719. The first-order valence-corrected chi connectivity index (χ1v) is 8.02. The highest BCUT2D eigenvalue weighted by Gasteiger charge is 2.17. The Kier molecular flexibility index (Phi) is 4.00. The highest BCUT2D eigenvalue weighted by molar-refractivity contribution is 7.91. The van der Waals surface area contributed by atoms with E-state index >= 15 is 0 Å². The van der Waals surface area contributed by atoms with Gasteiger partial charge in [0.25, 0.3) is 5.91 Å². The summed E-state index contributed by atoms with van der Waals surface area (Å²) in [5.74, 6) is -0.269. The van der Waals surface area contributed by atoms with E-state index in [9.17, 15) is 13.2 Å². The van der Waals surface area contributed by atoms with Gasteiger partial charge in [-0.15, -0.1) is 11.3 Å². The first-order chi connectivity index (χ1) is 8.47. The number of rotatable bonds is 4. The first kappa shape index (κ1) is 13.5. The molecule has 0 aliphatic carbocycles. The van der Waals surface area contributed by atoms with Gasteiger partial charge in [0.05, 0.1) is 5.56 Å². The third kappa shape index (κ3) is 3.29. The molecule has 2 rings (SSSR count). The maximum Gasteiger partial charge on any atom is 0.252 e. The van der Waals surface area contributed by atoms with Crippen LogP contribution in [0.25, 0.3) is 0 Å². The van der Waals surface area contributed by atoms with Crippen molar-refractivity contribution in [2.75, 3.05) is 13.1 Å². The Balaban J connectivity index is 1.94. The monoisotopic (exact) mass is 289 g/mol. The number of primary sulfonamides is 1. The lowest BCUT2D eigenvalue weighted by molar-refractivity contribution is 0.0950. The summed E-state index contributed by atoms with van der Waals surface area (Å²) in [5.41, 5.74) is 0.335. The molecule has 2 heterocycles. The Morgan fingerprint density at radius 1 is 1.61 bits per heavy atom. The van der Waals surface area contributed by atoms with Crippen LogP contribution in [-0.4, -0.2) is 33.5 Å². The number of hydrogen-bond acceptors (Lipinski definition) is 5. The fourth-order valence-corrected chi connectivity index (χ4v) is 3.42. The van der Waals surface area contributed by atoms with Crippen LogP contribution in [0, 0.1) is 0 Å². The summed E-state index contributed by atoms with van der Waals surface area (Å²) in [6.07, 6.45) is 2.17. The van der Waals surface area contributed by atoms with Gasteiger partial charge in [0, 0.05) is 18.0 Å². The first-order valence-electron chi connectivity index (χ1n) is 5.60. The van der Waals surface area contributed by atoms with E-state index in [1.807, 2.05) is 0 Å². The molecule has 1 atom stereocenters. The molecule has 100 valence electrons. The number of nitrogens with one attached hydrogen (secondary N) is 2. The van der Waals surface area contributed by atoms with Crippen LogP contribution in [0.5, 0.6) is 0 Å². The minimum Gasteiger partial charge on any atom is -0.350 e. The molecule has 4 N–H and O–H groups in total. The third-order valence-electron chi connectivity index (χ3n) is 2.79. The predicted octanol–water partition coefficient (Wildman–Crippen LogP) is -0.123. The maximum atomic E-state index is 11.8. The highest BCUT2D eigenvalue weighted by Crippen LogP contribution is 2.18. The van der Waals surface area contributed by atoms with Crippen LogP contribution in [0.2, 0.25) is 0 Å². The van der Waals surface area contributed by atoms with Crippen LogP contribution >= 0.6 is 11.3 Å². The Bertz CT molecular complexity index is 532. The number of carbonyl (C=O) groups excluding carboxylic acids is 1. The summed E-state index contributed by atoms with van der Waals surface area (Å²) in [7, 11) is -3.72. The molecule has 1 aromatic heterocycles. The van der Waals surface area contributed by atoms with E-state index in [-0.39, 0.29) is 10.1 Å². The van der Waals surface area contributed by atoms with Crippen molar-refractivity contribution in [3.8, 4) is 0 Å². The Morgan fingerprint density at radius 2 is 2.39 bits per heavy atom.